The normalized spacial score (nSPS) is 11.8. The van der Waals surface area contributed by atoms with Gasteiger partial charge in [-0.2, -0.15) is 5.26 Å². The zero-order valence-corrected chi connectivity index (χ0v) is 11.1. The van der Waals surface area contributed by atoms with Crippen molar-refractivity contribution in [3.63, 3.8) is 0 Å². The molecule has 0 aliphatic carbocycles. The van der Waals surface area contributed by atoms with E-state index in [2.05, 4.69) is 15.3 Å². The Morgan fingerprint density at radius 1 is 1.24 bits per heavy atom. The number of nitrogens with one attached hydrogen (secondary N) is 1. The van der Waals surface area contributed by atoms with Crippen LogP contribution in [-0.4, -0.2) is 29.9 Å². The van der Waals surface area contributed by atoms with Gasteiger partial charge in [0.15, 0.2) is 23.0 Å². The lowest BCUT2D eigenvalue weighted by Crippen LogP contribution is -2.13. The second-order valence-electron chi connectivity index (χ2n) is 4.16. The quantitative estimate of drug-likeness (QED) is 0.833. The van der Waals surface area contributed by atoms with Crippen molar-refractivity contribution in [2.45, 2.75) is 0 Å². The summed E-state index contributed by atoms with van der Waals surface area (Å²) in [6.07, 6.45) is 3.01. The fourth-order valence-corrected chi connectivity index (χ4v) is 1.85. The summed E-state index contributed by atoms with van der Waals surface area (Å²) in [6.45, 7) is 1.16. The van der Waals surface area contributed by atoms with Gasteiger partial charge in [0.1, 0.15) is 18.4 Å². The van der Waals surface area contributed by atoms with Crippen LogP contribution in [0.2, 0.25) is 0 Å². The molecule has 1 aromatic carbocycles. The highest BCUT2D eigenvalue weighted by Gasteiger charge is 2.13. The van der Waals surface area contributed by atoms with E-state index >= 15 is 0 Å². The van der Waals surface area contributed by atoms with Gasteiger partial charge in [-0.25, -0.2) is 9.97 Å². The number of anilines is 1. The molecule has 1 aliphatic rings. The van der Waals surface area contributed by atoms with Gasteiger partial charge >= 0.3 is 0 Å². The van der Waals surface area contributed by atoms with Crippen LogP contribution in [0.5, 0.6) is 17.2 Å². The van der Waals surface area contributed by atoms with Gasteiger partial charge in [0, 0.05) is 18.5 Å². The highest BCUT2D eigenvalue weighted by molar-refractivity contribution is 5.47. The molecule has 21 heavy (non-hydrogen) atoms. The first-order valence-electron chi connectivity index (χ1n) is 6.34. The van der Waals surface area contributed by atoms with Crippen LogP contribution in [0.4, 0.5) is 5.82 Å². The molecule has 0 saturated carbocycles. The third-order valence-corrected chi connectivity index (χ3v) is 2.81. The molecule has 0 atom stereocenters. The van der Waals surface area contributed by atoms with Gasteiger partial charge in [-0.3, -0.25) is 0 Å². The Bertz CT molecular complexity index is 684. The molecule has 3 rings (SSSR count). The van der Waals surface area contributed by atoms with Crippen molar-refractivity contribution in [2.24, 2.45) is 0 Å². The van der Waals surface area contributed by atoms with Crippen LogP contribution in [0.15, 0.2) is 30.6 Å². The Labute approximate surface area is 121 Å². The summed E-state index contributed by atoms with van der Waals surface area (Å²) >= 11 is 0. The first-order chi connectivity index (χ1) is 10.4. The summed E-state index contributed by atoms with van der Waals surface area (Å²) in [4.78, 5) is 7.97. The number of hydrogen-bond donors (Lipinski definition) is 1. The first kappa shape index (κ1) is 13.0. The van der Waals surface area contributed by atoms with E-state index in [1.807, 2.05) is 18.2 Å². The molecule has 7 nitrogen and oxygen atoms in total. The number of ether oxygens (including phenoxy) is 3. The Balaban J connectivity index is 1.51. The smallest absolute Gasteiger partial charge is 0.231 e. The standard InChI is InChI=1S/C14H12N4O3/c15-8-11-14(17-4-3-16-11)18-5-6-19-10-1-2-12-13(7-10)21-9-20-12/h1-4,7H,5-6,9H2,(H,17,18). The molecule has 0 amide bonds. The number of benzene rings is 1. The molecule has 0 bridgehead atoms. The third-order valence-electron chi connectivity index (χ3n) is 2.81. The van der Waals surface area contributed by atoms with Gasteiger partial charge in [0.25, 0.3) is 0 Å². The molecule has 0 spiro atoms. The van der Waals surface area contributed by atoms with Gasteiger partial charge in [-0.15, -0.1) is 0 Å². The van der Waals surface area contributed by atoms with Gasteiger partial charge in [-0.1, -0.05) is 0 Å². The fraction of sp³-hybridized carbons (Fsp3) is 0.214. The molecule has 7 heteroatoms. The Morgan fingerprint density at radius 3 is 3.00 bits per heavy atom. The van der Waals surface area contributed by atoms with E-state index in [0.29, 0.717) is 30.5 Å². The van der Waals surface area contributed by atoms with Crippen molar-refractivity contribution in [3.8, 4) is 23.3 Å². The number of hydrogen-bond acceptors (Lipinski definition) is 7. The number of nitrogens with zero attached hydrogens (tertiary/aromatic N) is 3. The van der Waals surface area contributed by atoms with Crippen molar-refractivity contribution >= 4 is 5.82 Å². The molecule has 1 aliphatic heterocycles. The van der Waals surface area contributed by atoms with Gasteiger partial charge in [0.05, 0.1) is 6.54 Å². The van der Waals surface area contributed by atoms with Crippen LogP contribution in [0.1, 0.15) is 5.69 Å². The highest BCUT2D eigenvalue weighted by atomic mass is 16.7. The van der Waals surface area contributed by atoms with Crippen molar-refractivity contribution in [1.82, 2.24) is 9.97 Å². The van der Waals surface area contributed by atoms with Crippen LogP contribution in [0.25, 0.3) is 0 Å². The second kappa shape index (κ2) is 5.96. The molecule has 106 valence electrons. The predicted octanol–water partition coefficient (Wildman–Crippen LogP) is 1.57. The summed E-state index contributed by atoms with van der Waals surface area (Å²) in [6, 6.07) is 7.38. The molecule has 0 fully saturated rings. The molecule has 1 aromatic heterocycles. The van der Waals surface area contributed by atoms with Gasteiger partial charge in [0.2, 0.25) is 6.79 Å². The first-order valence-corrected chi connectivity index (χ1v) is 6.34. The van der Waals surface area contributed by atoms with Crippen LogP contribution in [0.3, 0.4) is 0 Å². The van der Waals surface area contributed by atoms with E-state index < -0.39 is 0 Å². The number of nitriles is 1. The minimum Gasteiger partial charge on any atom is -0.492 e. The number of fused-ring (bicyclic) bond motifs is 1. The zero-order valence-electron chi connectivity index (χ0n) is 11.1. The van der Waals surface area contributed by atoms with Crippen LogP contribution in [0, 0.1) is 11.3 Å². The maximum atomic E-state index is 8.89. The molecule has 2 aromatic rings. The molecular formula is C14H12N4O3. The lowest BCUT2D eigenvalue weighted by atomic mass is 10.3. The lowest BCUT2D eigenvalue weighted by molar-refractivity contribution is 0.174. The van der Waals surface area contributed by atoms with Crippen molar-refractivity contribution in [3.05, 3.63) is 36.3 Å². The maximum absolute atomic E-state index is 8.89. The molecule has 0 saturated heterocycles. The van der Waals surface area contributed by atoms with E-state index in [0.717, 1.165) is 5.75 Å². The fourth-order valence-electron chi connectivity index (χ4n) is 1.85. The molecular weight excluding hydrogens is 272 g/mol. The molecule has 1 N–H and O–H groups in total. The monoisotopic (exact) mass is 284 g/mol. The Hall–Kier alpha value is -3.01. The topological polar surface area (TPSA) is 89.3 Å². The third kappa shape index (κ3) is 2.95. The van der Waals surface area contributed by atoms with Crippen molar-refractivity contribution in [2.75, 3.05) is 25.3 Å². The van der Waals surface area contributed by atoms with Crippen LogP contribution >= 0.6 is 0 Å². The summed E-state index contributed by atoms with van der Waals surface area (Å²) < 4.78 is 16.1. The number of aromatic nitrogens is 2. The van der Waals surface area contributed by atoms with Gasteiger partial charge < -0.3 is 19.5 Å². The van der Waals surface area contributed by atoms with E-state index in [1.165, 1.54) is 12.4 Å². The van der Waals surface area contributed by atoms with Crippen LogP contribution in [-0.2, 0) is 0 Å². The molecule has 0 radical (unpaired) electrons. The predicted molar refractivity (Wildman–Crippen MR) is 73.3 cm³/mol. The summed E-state index contributed by atoms with van der Waals surface area (Å²) in [5, 5.41) is 11.9. The minimum atomic E-state index is 0.240. The SMILES string of the molecule is N#Cc1nccnc1NCCOc1ccc2c(c1)OCO2. The van der Waals surface area contributed by atoms with E-state index in [9.17, 15) is 0 Å². The number of rotatable bonds is 5. The van der Waals surface area contributed by atoms with E-state index in [1.54, 1.807) is 6.07 Å². The lowest BCUT2D eigenvalue weighted by Gasteiger charge is -2.08. The zero-order chi connectivity index (χ0) is 14.5. The highest BCUT2D eigenvalue weighted by Crippen LogP contribution is 2.34. The summed E-state index contributed by atoms with van der Waals surface area (Å²) in [7, 11) is 0. The Morgan fingerprint density at radius 2 is 2.10 bits per heavy atom. The summed E-state index contributed by atoms with van der Waals surface area (Å²) in [5.41, 5.74) is 0.264. The largest absolute Gasteiger partial charge is 0.492 e. The van der Waals surface area contributed by atoms with Crippen LogP contribution < -0.4 is 19.5 Å². The van der Waals surface area contributed by atoms with E-state index in [-0.39, 0.29) is 12.5 Å². The van der Waals surface area contributed by atoms with Crippen molar-refractivity contribution < 1.29 is 14.2 Å². The second-order valence-corrected chi connectivity index (χ2v) is 4.16. The molecule has 0 unspecified atom stereocenters. The maximum Gasteiger partial charge on any atom is 0.231 e. The summed E-state index contributed by atoms with van der Waals surface area (Å²) in [5.74, 6) is 2.55. The van der Waals surface area contributed by atoms with Gasteiger partial charge in [-0.05, 0) is 12.1 Å². The minimum absolute atomic E-state index is 0.240. The van der Waals surface area contributed by atoms with E-state index in [4.69, 9.17) is 19.5 Å². The molecule has 2 heterocycles. The van der Waals surface area contributed by atoms with Crippen molar-refractivity contribution in [1.29, 1.82) is 5.26 Å². The Kier molecular flexibility index (Phi) is 3.69. The average molecular weight is 284 g/mol. The average Bonchev–Trinajstić information content (AvgIpc) is 2.99.